The summed E-state index contributed by atoms with van der Waals surface area (Å²) in [5, 5.41) is 0. The van der Waals surface area contributed by atoms with Crippen molar-refractivity contribution in [2.45, 2.75) is 13.2 Å². The maximum Gasteiger partial charge on any atom is 0.165 e. The Bertz CT molecular complexity index is 468. The lowest BCUT2D eigenvalue weighted by atomic mass is 10.3. The van der Waals surface area contributed by atoms with Gasteiger partial charge in [0.1, 0.15) is 12.4 Å². The Morgan fingerprint density at radius 2 is 2.12 bits per heavy atom. The fourth-order valence-corrected chi connectivity index (χ4v) is 1.32. The van der Waals surface area contributed by atoms with Crippen LogP contribution in [0, 0.1) is 5.82 Å². The Morgan fingerprint density at radius 1 is 1.31 bits per heavy atom. The zero-order valence-electron chi connectivity index (χ0n) is 8.65. The Morgan fingerprint density at radius 3 is 2.81 bits per heavy atom. The van der Waals surface area contributed by atoms with E-state index in [1.54, 1.807) is 30.5 Å². The third-order valence-electron chi connectivity index (χ3n) is 2.15. The number of nitrogens with two attached hydrogens (primary N) is 1. The summed E-state index contributed by atoms with van der Waals surface area (Å²) in [6, 6.07) is 8.04. The average Bonchev–Trinajstić information content (AvgIpc) is 2.76. The first-order valence-corrected chi connectivity index (χ1v) is 4.93. The maximum absolute atomic E-state index is 13.2. The van der Waals surface area contributed by atoms with E-state index in [1.165, 1.54) is 6.07 Å². The molecule has 4 heteroatoms. The lowest BCUT2D eigenvalue weighted by Crippen LogP contribution is -1.96. The smallest absolute Gasteiger partial charge is 0.165 e. The van der Waals surface area contributed by atoms with Crippen molar-refractivity contribution in [1.82, 2.24) is 0 Å². The van der Waals surface area contributed by atoms with Gasteiger partial charge in [0, 0.05) is 12.1 Å². The third kappa shape index (κ3) is 2.41. The monoisotopic (exact) mass is 221 g/mol. The minimum atomic E-state index is -0.381. The normalized spacial score (nSPS) is 10.4. The fourth-order valence-electron chi connectivity index (χ4n) is 1.32. The van der Waals surface area contributed by atoms with E-state index >= 15 is 0 Å². The highest BCUT2D eigenvalue weighted by molar-refractivity contribution is 5.24. The van der Waals surface area contributed by atoms with E-state index in [4.69, 9.17) is 14.9 Å². The Balaban J connectivity index is 1.99. The number of hydrogen-bond acceptors (Lipinski definition) is 3. The molecule has 0 spiro atoms. The van der Waals surface area contributed by atoms with Gasteiger partial charge >= 0.3 is 0 Å². The number of benzene rings is 1. The number of halogens is 1. The number of hydrogen-bond donors (Lipinski definition) is 1. The van der Waals surface area contributed by atoms with Crippen LogP contribution in [-0.2, 0) is 13.2 Å². The van der Waals surface area contributed by atoms with Crippen molar-refractivity contribution < 1.29 is 13.5 Å². The second-order valence-corrected chi connectivity index (χ2v) is 3.34. The molecule has 0 saturated carbocycles. The van der Waals surface area contributed by atoms with Gasteiger partial charge in [-0.1, -0.05) is 12.1 Å². The lowest BCUT2D eigenvalue weighted by molar-refractivity contribution is 0.258. The molecule has 16 heavy (non-hydrogen) atoms. The van der Waals surface area contributed by atoms with Crippen LogP contribution >= 0.6 is 0 Å². The molecule has 1 heterocycles. The van der Waals surface area contributed by atoms with Crippen molar-refractivity contribution in [2.75, 3.05) is 0 Å². The molecule has 0 bridgehead atoms. The molecule has 0 unspecified atom stereocenters. The summed E-state index contributed by atoms with van der Waals surface area (Å²) >= 11 is 0. The molecular formula is C12H12FNO2. The molecule has 84 valence electrons. The van der Waals surface area contributed by atoms with Crippen LogP contribution in [0.3, 0.4) is 0 Å². The largest absolute Gasteiger partial charge is 0.483 e. The molecule has 2 rings (SSSR count). The van der Waals surface area contributed by atoms with E-state index in [0.29, 0.717) is 12.3 Å². The summed E-state index contributed by atoms with van der Waals surface area (Å²) < 4.78 is 23.6. The van der Waals surface area contributed by atoms with Gasteiger partial charge in [-0.2, -0.15) is 0 Å². The van der Waals surface area contributed by atoms with Gasteiger partial charge in [-0.05, 0) is 18.2 Å². The van der Waals surface area contributed by atoms with Gasteiger partial charge in [-0.25, -0.2) is 4.39 Å². The molecule has 0 aliphatic rings. The zero-order chi connectivity index (χ0) is 11.4. The predicted molar refractivity (Wildman–Crippen MR) is 57.3 cm³/mol. The second kappa shape index (κ2) is 4.81. The minimum Gasteiger partial charge on any atom is -0.483 e. The van der Waals surface area contributed by atoms with Crippen LogP contribution in [0.2, 0.25) is 0 Å². The standard InChI is InChI=1S/C12H12FNO2/c13-11-3-1-2-4-12(11)16-8-10-5-9(6-14)7-15-10/h1-5,7H,6,8,14H2. The van der Waals surface area contributed by atoms with Crippen LogP contribution < -0.4 is 10.5 Å². The van der Waals surface area contributed by atoms with E-state index in [0.717, 1.165) is 5.56 Å². The first kappa shape index (κ1) is 10.7. The Labute approximate surface area is 92.6 Å². The van der Waals surface area contributed by atoms with Gasteiger partial charge in [0.05, 0.1) is 6.26 Å². The molecule has 0 atom stereocenters. The molecule has 0 aliphatic carbocycles. The van der Waals surface area contributed by atoms with Gasteiger partial charge < -0.3 is 14.9 Å². The van der Waals surface area contributed by atoms with Crippen molar-refractivity contribution in [3.63, 3.8) is 0 Å². The Hall–Kier alpha value is -1.81. The molecule has 2 N–H and O–H groups in total. The van der Waals surface area contributed by atoms with Gasteiger partial charge in [0.2, 0.25) is 0 Å². The van der Waals surface area contributed by atoms with Crippen LogP contribution in [-0.4, -0.2) is 0 Å². The first-order valence-electron chi connectivity index (χ1n) is 4.93. The molecule has 0 amide bonds. The van der Waals surface area contributed by atoms with Crippen LogP contribution in [0.4, 0.5) is 4.39 Å². The molecule has 0 aliphatic heterocycles. The van der Waals surface area contributed by atoms with Crippen molar-refractivity contribution >= 4 is 0 Å². The van der Waals surface area contributed by atoms with Gasteiger partial charge in [-0.3, -0.25) is 0 Å². The summed E-state index contributed by atoms with van der Waals surface area (Å²) in [5.41, 5.74) is 6.33. The average molecular weight is 221 g/mol. The van der Waals surface area contributed by atoms with E-state index < -0.39 is 0 Å². The van der Waals surface area contributed by atoms with Gasteiger partial charge in [-0.15, -0.1) is 0 Å². The van der Waals surface area contributed by atoms with Crippen LogP contribution in [0.25, 0.3) is 0 Å². The summed E-state index contributed by atoms with van der Waals surface area (Å²) in [5.74, 6) is 0.463. The number of furan rings is 1. The van der Waals surface area contributed by atoms with Crippen LogP contribution in [0.15, 0.2) is 41.0 Å². The zero-order valence-corrected chi connectivity index (χ0v) is 8.65. The summed E-state index contributed by atoms with van der Waals surface area (Å²) in [7, 11) is 0. The van der Waals surface area contributed by atoms with Crippen LogP contribution in [0.5, 0.6) is 5.75 Å². The summed E-state index contributed by atoms with van der Waals surface area (Å²) in [6.07, 6.45) is 1.57. The fraction of sp³-hybridized carbons (Fsp3) is 0.167. The molecule has 0 fully saturated rings. The molecule has 1 aromatic heterocycles. The van der Waals surface area contributed by atoms with E-state index in [1.807, 2.05) is 0 Å². The van der Waals surface area contributed by atoms with Crippen molar-refractivity contribution in [3.05, 3.63) is 53.7 Å². The second-order valence-electron chi connectivity index (χ2n) is 3.34. The number of para-hydroxylation sites is 1. The first-order chi connectivity index (χ1) is 7.79. The maximum atomic E-state index is 13.2. The van der Waals surface area contributed by atoms with Crippen molar-refractivity contribution in [1.29, 1.82) is 0 Å². The van der Waals surface area contributed by atoms with Crippen LogP contribution in [0.1, 0.15) is 11.3 Å². The minimum absolute atomic E-state index is 0.195. The number of rotatable bonds is 4. The SMILES string of the molecule is NCc1coc(COc2ccccc2F)c1. The molecule has 1 aromatic carbocycles. The van der Waals surface area contributed by atoms with Gasteiger partial charge in [0.25, 0.3) is 0 Å². The Kier molecular flexibility index (Phi) is 3.22. The molecule has 3 nitrogen and oxygen atoms in total. The molecule has 2 aromatic rings. The molecular weight excluding hydrogens is 209 g/mol. The van der Waals surface area contributed by atoms with Crippen molar-refractivity contribution in [2.24, 2.45) is 5.73 Å². The lowest BCUT2D eigenvalue weighted by Gasteiger charge is -2.04. The molecule has 0 saturated heterocycles. The highest BCUT2D eigenvalue weighted by atomic mass is 19.1. The highest BCUT2D eigenvalue weighted by Crippen LogP contribution is 2.17. The van der Waals surface area contributed by atoms with E-state index in [9.17, 15) is 4.39 Å². The topological polar surface area (TPSA) is 48.4 Å². The molecule has 0 radical (unpaired) electrons. The number of ether oxygens (including phenoxy) is 1. The third-order valence-corrected chi connectivity index (χ3v) is 2.15. The predicted octanol–water partition coefficient (Wildman–Crippen LogP) is 2.46. The highest BCUT2D eigenvalue weighted by Gasteiger charge is 2.04. The van der Waals surface area contributed by atoms with E-state index in [2.05, 4.69) is 0 Å². The summed E-state index contributed by atoms with van der Waals surface area (Å²) in [4.78, 5) is 0. The summed E-state index contributed by atoms with van der Waals surface area (Å²) in [6.45, 7) is 0.615. The van der Waals surface area contributed by atoms with Gasteiger partial charge in [0.15, 0.2) is 11.6 Å². The van der Waals surface area contributed by atoms with Crippen molar-refractivity contribution in [3.8, 4) is 5.75 Å². The quantitative estimate of drug-likeness (QED) is 0.862. The van der Waals surface area contributed by atoms with E-state index in [-0.39, 0.29) is 18.2 Å².